The van der Waals surface area contributed by atoms with E-state index < -0.39 is 5.60 Å². The van der Waals surface area contributed by atoms with Crippen molar-refractivity contribution in [2.75, 3.05) is 7.05 Å². The molecule has 3 aromatic rings. The van der Waals surface area contributed by atoms with E-state index in [0.717, 1.165) is 5.56 Å². The fourth-order valence-corrected chi connectivity index (χ4v) is 5.37. The average molecular weight is 390 g/mol. The van der Waals surface area contributed by atoms with Gasteiger partial charge in [-0.3, -0.25) is 4.90 Å². The summed E-state index contributed by atoms with van der Waals surface area (Å²) in [6, 6.07) is 27.1. The van der Waals surface area contributed by atoms with Crippen molar-refractivity contribution in [3.8, 4) is 0 Å². The second-order valence-corrected chi connectivity index (χ2v) is 8.29. The maximum Gasteiger partial charge on any atom is 0.123 e. The summed E-state index contributed by atoms with van der Waals surface area (Å²) in [6.07, 6.45) is 0. The van der Waals surface area contributed by atoms with Gasteiger partial charge in [-0.1, -0.05) is 86.6 Å². The first-order valence-electron chi connectivity index (χ1n) is 10.2. The molecule has 1 aliphatic rings. The van der Waals surface area contributed by atoms with Gasteiger partial charge in [0.1, 0.15) is 5.82 Å². The lowest BCUT2D eigenvalue weighted by atomic mass is 9.62. The third-order valence-electron chi connectivity index (χ3n) is 6.80. The third-order valence-corrected chi connectivity index (χ3v) is 6.80. The van der Waals surface area contributed by atoms with Crippen LogP contribution in [0.5, 0.6) is 0 Å². The van der Waals surface area contributed by atoms with E-state index in [4.69, 9.17) is 0 Å². The zero-order valence-corrected chi connectivity index (χ0v) is 17.2. The number of halogens is 1. The quantitative estimate of drug-likeness (QED) is 0.620. The van der Waals surface area contributed by atoms with Gasteiger partial charge in [0.05, 0.1) is 5.60 Å². The van der Waals surface area contributed by atoms with Gasteiger partial charge in [0, 0.05) is 23.9 Å². The van der Waals surface area contributed by atoms with Crippen LogP contribution in [0.25, 0.3) is 0 Å². The Morgan fingerprint density at radius 1 is 0.724 bits per heavy atom. The molecule has 0 saturated carbocycles. The fraction of sp³-hybridized carbons (Fsp3) is 0.308. The Bertz CT molecular complexity index is 888. The first-order valence-corrected chi connectivity index (χ1v) is 10.2. The normalized spacial score (nSPS) is 30.2. The minimum absolute atomic E-state index is 0.0210. The van der Waals surface area contributed by atoms with Gasteiger partial charge in [-0.05, 0) is 35.9 Å². The summed E-state index contributed by atoms with van der Waals surface area (Å²) in [5.41, 5.74) is 2.03. The molecule has 1 unspecified atom stereocenters. The van der Waals surface area contributed by atoms with Crippen LogP contribution in [0.2, 0.25) is 0 Å². The third kappa shape index (κ3) is 3.29. The van der Waals surface area contributed by atoms with E-state index in [0.29, 0.717) is 0 Å². The average Bonchev–Trinajstić information content (AvgIpc) is 2.74. The maximum absolute atomic E-state index is 13.6. The summed E-state index contributed by atoms with van der Waals surface area (Å²) in [5, 5.41) is 12.2. The van der Waals surface area contributed by atoms with Crippen LogP contribution in [-0.2, 0) is 5.60 Å². The molecule has 150 valence electrons. The number of likely N-dealkylation sites (tertiary alicyclic amines) is 1. The summed E-state index contributed by atoms with van der Waals surface area (Å²) in [7, 11) is 2.15. The van der Waals surface area contributed by atoms with Crippen molar-refractivity contribution in [2.24, 2.45) is 11.8 Å². The molecule has 2 nitrogen and oxygen atoms in total. The Balaban J connectivity index is 1.89. The van der Waals surface area contributed by atoms with Crippen molar-refractivity contribution in [3.63, 3.8) is 0 Å². The van der Waals surface area contributed by atoms with Crippen LogP contribution in [0, 0.1) is 17.7 Å². The second kappa shape index (κ2) is 7.74. The van der Waals surface area contributed by atoms with Gasteiger partial charge in [-0.2, -0.15) is 0 Å². The molecule has 29 heavy (non-hydrogen) atoms. The van der Waals surface area contributed by atoms with Crippen LogP contribution in [0.1, 0.15) is 42.6 Å². The lowest BCUT2D eigenvalue weighted by Crippen LogP contribution is -2.56. The Hall–Kier alpha value is -2.49. The summed E-state index contributed by atoms with van der Waals surface area (Å²) < 4.78 is 13.6. The Labute approximate surface area is 172 Å². The lowest BCUT2D eigenvalue weighted by molar-refractivity contribution is -0.161. The van der Waals surface area contributed by atoms with Gasteiger partial charge < -0.3 is 5.11 Å². The smallest absolute Gasteiger partial charge is 0.123 e. The van der Waals surface area contributed by atoms with Crippen LogP contribution in [-0.4, -0.2) is 17.1 Å². The summed E-state index contributed by atoms with van der Waals surface area (Å²) >= 11 is 0. The van der Waals surface area contributed by atoms with Crippen molar-refractivity contribution in [1.82, 2.24) is 4.90 Å². The van der Waals surface area contributed by atoms with E-state index in [1.807, 2.05) is 36.4 Å². The van der Waals surface area contributed by atoms with Crippen LogP contribution in [0.3, 0.4) is 0 Å². The number of hydrogen-bond donors (Lipinski definition) is 1. The molecule has 1 fully saturated rings. The van der Waals surface area contributed by atoms with Crippen molar-refractivity contribution in [2.45, 2.75) is 31.5 Å². The molecule has 1 aliphatic heterocycles. The van der Waals surface area contributed by atoms with Gasteiger partial charge in [0.25, 0.3) is 0 Å². The SMILES string of the molecule is C[C@@H]1[C@H](c2ccccc2)N(C)[C@H](c2ccccc2)[C@H](C)C1(O)c1ccc(F)cc1. The molecule has 4 rings (SSSR count). The van der Waals surface area contributed by atoms with E-state index in [2.05, 4.69) is 50.1 Å². The van der Waals surface area contributed by atoms with Crippen LogP contribution in [0.15, 0.2) is 84.9 Å². The van der Waals surface area contributed by atoms with Crippen LogP contribution in [0.4, 0.5) is 4.39 Å². The minimum atomic E-state index is -1.10. The number of aliphatic hydroxyl groups is 1. The number of benzene rings is 3. The Kier molecular flexibility index (Phi) is 5.28. The molecule has 0 amide bonds. The molecular weight excluding hydrogens is 361 g/mol. The highest BCUT2D eigenvalue weighted by molar-refractivity contribution is 5.33. The molecule has 0 spiro atoms. The molecule has 0 aromatic heterocycles. The minimum Gasteiger partial charge on any atom is -0.384 e. The first-order chi connectivity index (χ1) is 13.9. The van der Waals surface area contributed by atoms with Crippen molar-refractivity contribution >= 4 is 0 Å². The topological polar surface area (TPSA) is 23.5 Å². The van der Waals surface area contributed by atoms with Crippen LogP contribution >= 0.6 is 0 Å². The predicted octanol–water partition coefficient (Wildman–Crippen LogP) is 5.71. The highest BCUT2D eigenvalue weighted by Gasteiger charge is 2.54. The number of piperidine rings is 1. The molecule has 0 radical (unpaired) electrons. The van der Waals surface area contributed by atoms with Crippen molar-refractivity contribution in [1.29, 1.82) is 0 Å². The summed E-state index contributed by atoms with van der Waals surface area (Å²) in [4.78, 5) is 2.39. The number of hydrogen-bond acceptors (Lipinski definition) is 2. The van der Waals surface area contributed by atoms with E-state index in [1.165, 1.54) is 23.3 Å². The Morgan fingerprint density at radius 2 is 1.14 bits per heavy atom. The molecule has 0 bridgehead atoms. The lowest BCUT2D eigenvalue weighted by Gasteiger charge is -2.56. The zero-order valence-electron chi connectivity index (χ0n) is 17.2. The molecule has 5 atom stereocenters. The molecule has 3 heteroatoms. The highest BCUT2D eigenvalue weighted by Crippen LogP contribution is 2.55. The molecule has 3 aromatic carbocycles. The zero-order chi connectivity index (χ0) is 20.6. The largest absolute Gasteiger partial charge is 0.384 e. The van der Waals surface area contributed by atoms with Gasteiger partial charge in [-0.25, -0.2) is 4.39 Å². The molecule has 1 saturated heterocycles. The number of nitrogens with zero attached hydrogens (tertiary/aromatic N) is 1. The highest BCUT2D eigenvalue weighted by atomic mass is 19.1. The van der Waals surface area contributed by atoms with Crippen molar-refractivity contribution in [3.05, 3.63) is 107 Å². The van der Waals surface area contributed by atoms with Gasteiger partial charge in [0.15, 0.2) is 0 Å². The molecule has 1 N–H and O–H groups in total. The first kappa shape index (κ1) is 19.8. The summed E-state index contributed by atoms with van der Waals surface area (Å²) in [6.45, 7) is 4.21. The summed E-state index contributed by atoms with van der Waals surface area (Å²) in [5.74, 6) is -0.463. The second-order valence-electron chi connectivity index (χ2n) is 8.29. The monoisotopic (exact) mass is 389 g/mol. The molecule has 1 heterocycles. The fourth-order valence-electron chi connectivity index (χ4n) is 5.37. The van der Waals surface area contributed by atoms with E-state index >= 15 is 0 Å². The maximum atomic E-state index is 13.6. The van der Waals surface area contributed by atoms with E-state index in [1.54, 1.807) is 12.1 Å². The molecule has 0 aliphatic carbocycles. The van der Waals surface area contributed by atoms with Gasteiger partial charge in [0.2, 0.25) is 0 Å². The predicted molar refractivity (Wildman–Crippen MR) is 115 cm³/mol. The van der Waals surface area contributed by atoms with Gasteiger partial charge in [-0.15, -0.1) is 0 Å². The Morgan fingerprint density at radius 3 is 1.55 bits per heavy atom. The van der Waals surface area contributed by atoms with E-state index in [9.17, 15) is 9.50 Å². The van der Waals surface area contributed by atoms with Crippen molar-refractivity contribution < 1.29 is 9.50 Å². The van der Waals surface area contributed by atoms with Gasteiger partial charge >= 0.3 is 0 Å². The van der Waals surface area contributed by atoms with E-state index in [-0.39, 0.29) is 29.7 Å². The number of rotatable bonds is 3. The van der Waals surface area contributed by atoms with Crippen LogP contribution < -0.4 is 0 Å². The molecular formula is C26H28FNO. The standard InChI is InChI=1S/C26H28FNO/c1-18-24(20-10-6-4-7-11-20)28(3)25(21-12-8-5-9-13-21)19(2)26(18,29)22-14-16-23(27)17-15-22/h4-19,24-25,29H,1-3H3/t18-,19+,24-,25+,26?.